The predicted octanol–water partition coefficient (Wildman–Crippen LogP) is 5.56. The van der Waals surface area contributed by atoms with Crippen LogP contribution in [0.15, 0.2) is 46.2 Å². The highest BCUT2D eigenvalue weighted by Crippen LogP contribution is 2.41. The monoisotopic (exact) mass is 404 g/mol. The van der Waals surface area contributed by atoms with Crippen LogP contribution in [0.4, 0.5) is 8.78 Å². The molecule has 1 heterocycles. The van der Waals surface area contributed by atoms with Crippen molar-refractivity contribution in [1.82, 2.24) is 4.57 Å². The number of halogens is 2. The Hall–Kier alpha value is -2.21. The summed E-state index contributed by atoms with van der Waals surface area (Å²) in [5.74, 6) is -1.93. The molecule has 149 valence electrons. The van der Waals surface area contributed by atoms with Crippen LogP contribution >= 0.6 is 0 Å². The van der Waals surface area contributed by atoms with Crippen molar-refractivity contribution < 1.29 is 17.2 Å². The van der Waals surface area contributed by atoms with Gasteiger partial charge in [-0.05, 0) is 61.1 Å². The number of aryl methyl sites for hydroxylation is 1. The van der Waals surface area contributed by atoms with E-state index in [4.69, 9.17) is 0 Å². The fourth-order valence-electron chi connectivity index (χ4n) is 3.44. The first-order chi connectivity index (χ1) is 12.8. The fourth-order valence-corrected chi connectivity index (χ4v) is 4.77. The molecule has 0 fully saturated rings. The average molecular weight is 405 g/mol. The molecule has 0 aliphatic rings. The minimum atomic E-state index is -4.07. The van der Waals surface area contributed by atoms with E-state index in [2.05, 4.69) is 27.7 Å². The number of benzene rings is 2. The van der Waals surface area contributed by atoms with Crippen molar-refractivity contribution in [3.63, 3.8) is 0 Å². The van der Waals surface area contributed by atoms with E-state index in [-0.39, 0.29) is 16.2 Å². The molecule has 2 aromatic carbocycles. The summed E-state index contributed by atoms with van der Waals surface area (Å²) >= 11 is 0. The lowest BCUT2D eigenvalue weighted by Gasteiger charge is -2.28. The van der Waals surface area contributed by atoms with Crippen molar-refractivity contribution in [2.24, 2.45) is 12.5 Å². The van der Waals surface area contributed by atoms with E-state index in [0.717, 1.165) is 34.3 Å². The molecule has 0 amide bonds. The highest BCUT2D eigenvalue weighted by Gasteiger charge is 2.28. The number of hydrogen-bond acceptors (Lipinski definition) is 2. The molecule has 1 aromatic heterocycles. The Morgan fingerprint density at radius 2 is 1.57 bits per heavy atom. The Morgan fingerprint density at radius 1 is 1.00 bits per heavy atom. The summed E-state index contributed by atoms with van der Waals surface area (Å²) in [6.45, 7) is 12.5. The van der Waals surface area contributed by atoms with Gasteiger partial charge >= 0.3 is 0 Å². The van der Waals surface area contributed by atoms with Crippen LogP contribution in [-0.4, -0.2) is 13.0 Å². The SMILES string of the molecule is [CH2]C(c1c(C)n(C)c2ccc(S(=O)(=O)c3cc(F)cc(F)c3)cc12)C(C)(C)C. The van der Waals surface area contributed by atoms with Crippen molar-refractivity contribution >= 4 is 20.7 Å². The van der Waals surface area contributed by atoms with Gasteiger partial charge in [-0.3, -0.25) is 0 Å². The molecule has 6 heteroatoms. The smallest absolute Gasteiger partial charge is 0.206 e. The standard InChI is InChI=1S/C22H24F2NO2S/c1-13(22(3,4)5)21-14(2)25(6)20-8-7-17(12-19(20)21)28(26,27)18-10-15(23)9-16(24)11-18/h7-13H,1H2,2-6H3. The Kier molecular flexibility index (Phi) is 4.90. The lowest BCUT2D eigenvalue weighted by atomic mass is 9.77. The van der Waals surface area contributed by atoms with Gasteiger partial charge in [-0.15, -0.1) is 0 Å². The van der Waals surface area contributed by atoms with E-state index < -0.39 is 26.4 Å². The normalized spacial score (nSPS) is 13.9. The van der Waals surface area contributed by atoms with Crippen LogP contribution in [0.1, 0.15) is 37.9 Å². The van der Waals surface area contributed by atoms with E-state index >= 15 is 0 Å². The first-order valence-electron chi connectivity index (χ1n) is 8.97. The topological polar surface area (TPSA) is 39.1 Å². The average Bonchev–Trinajstić information content (AvgIpc) is 2.83. The van der Waals surface area contributed by atoms with Gasteiger partial charge in [-0.25, -0.2) is 17.2 Å². The van der Waals surface area contributed by atoms with Crippen LogP contribution in [0.5, 0.6) is 0 Å². The molecule has 0 spiro atoms. The third kappa shape index (κ3) is 3.34. The summed E-state index contributed by atoms with van der Waals surface area (Å²) in [5.41, 5.74) is 2.75. The Bertz CT molecular complexity index is 1150. The van der Waals surface area contributed by atoms with Crippen LogP contribution in [0.2, 0.25) is 0 Å². The number of rotatable bonds is 3. The quantitative estimate of drug-likeness (QED) is 0.573. The van der Waals surface area contributed by atoms with Crippen molar-refractivity contribution in [3.05, 3.63) is 66.2 Å². The second kappa shape index (κ2) is 6.69. The molecule has 1 unspecified atom stereocenters. The van der Waals surface area contributed by atoms with Gasteiger partial charge < -0.3 is 4.57 Å². The third-order valence-electron chi connectivity index (χ3n) is 5.36. The van der Waals surface area contributed by atoms with Crippen LogP contribution in [0.25, 0.3) is 10.9 Å². The lowest BCUT2D eigenvalue weighted by Crippen LogP contribution is -2.16. The van der Waals surface area contributed by atoms with E-state index in [1.165, 1.54) is 6.07 Å². The molecule has 0 bridgehead atoms. The van der Waals surface area contributed by atoms with Gasteiger partial charge in [0.1, 0.15) is 11.6 Å². The number of hydrogen-bond donors (Lipinski definition) is 0. The molecule has 1 radical (unpaired) electrons. The van der Waals surface area contributed by atoms with E-state index in [1.807, 2.05) is 18.5 Å². The summed E-state index contributed by atoms with van der Waals surface area (Å²) in [6, 6.07) is 7.10. The minimum Gasteiger partial charge on any atom is -0.348 e. The summed E-state index contributed by atoms with van der Waals surface area (Å²) in [7, 11) is -2.14. The number of nitrogens with zero attached hydrogens (tertiary/aromatic N) is 1. The van der Waals surface area contributed by atoms with Crippen LogP contribution in [-0.2, 0) is 16.9 Å². The minimum absolute atomic E-state index is 0.00189. The van der Waals surface area contributed by atoms with Gasteiger partial charge in [0.25, 0.3) is 0 Å². The second-order valence-corrected chi connectivity index (χ2v) is 10.2. The predicted molar refractivity (Wildman–Crippen MR) is 107 cm³/mol. The second-order valence-electron chi connectivity index (χ2n) is 8.26. The molecule has 3 aromatic rings. The maximum Gasteiger partial charge on any atom is 0.206 e. The fraction of sp³-hybridized carbons (Fsp3) is 0.318. The Morgan fingerprint density at radius 3 is 2.11 bits per heavy atom. The number of sulfone groups is 1. The van der Waals surface area contributed by atoms with Gasteiger partial charge in [-0.1, -0.05) is 20.8 Å². The zero-order valence-electron chi connectivity index (χ0n) is 16.7. The van der Waals surface area contributed by atoms with Gasteiger partial charge in [-0.2, -0.15) is 0 Å². The summed E-state index contributed by atoms with van der Waals surface area (Å²) in [6.07, 6.45) is 0. The highest BCUT2D eigenvalue weighted by atomic mass is 32.2. The van der Waals surface area contributed by atoms with Crippen LogP contribution in [0, 0.1) is 30.9 Å². The van der Waals surface area contributed by atoms with Gasteiger partial charge in [0.15, 0.2) is 0 Å². The Labute approximate surface area is 164 Å². The molecule has 0 aliphatic heterocycles. The van der Waals surface area contributed by atoms with Crippen LogP contribution in [0.3, 0.4) is 0 Å². The maximum absolute atomic E-state index is 13.6. The zero-order valence-corrected chi connectivity index (χ0v) is 17.5. The first-order valence-corrected chi connectivity index (χ1v) is 10.5. The highest BCUT2D eigenvalue weighted by molar-refractivity contribution is 7.91. The van der Waals surface area contributed by atoms with Gasteiger partial charge in [0, 0.05) is 29.7 Å². The molecule has 0 saturated carbocycles. The number of aromatic nitrogens is 1. The molecule has 1 atom stereocenters. The molecule has 3 rings (SSSR count). The third-order valence-corrected chi connectivity index (χ3v) is 7.09. The van der Waals surface area contributed by atoms with E-state index in [0.29, 0.717) is 6.07 Å². The molecular weight excluding hydrogens is 380 g/mol. The number of fused-ring (bicyclic) bond motifs is 1. The van der Waals surface area contributed by atoms with E-state index in [9.17, 15) is 17.2 Å². The largest absolute Gasteiger partial charge is 0.348 e. The van der Waals surface area contributed by atoms with Crippen LogP contribution < -0.4 is 0 Å². The molecule has 0 N–H and O–H groups in total. The maximum atomic E-state index is 13.6. The van der Waals surface area contributed by atoms with Gasteiger partial charge in [0.05, 0.1) is 9.79 Å². The molecule has 0 saturated heterocycles. The molecular formula is C22H24F2NO2S. The molecule has 28 heavy (non-hydrogen) atoms. The van der Waals surface area contributed by atoms with Crippen molar-refractivity contribution in [2.75, 3.05) is 0 Å². The Balaban J connectivity index is 2.27. The first kappa shape index (κ1) is 20.5. The summed E-state index contributed by atoms with van der Waals surface area (Å²) in [5, 5.41) is 0.785. The van der Waals surface area contributed by atoms with Gasteiger partial charge in [0.2, 0.25) is 9.84 Å². The van der Waals surface area contributed by atoms with E-state index in [1.54, 1.807) is 12.1 Å². The summed E-state index contributed by atoms with van der Waals surface area (Å²) < 4.78 is 55.1. The molecule has 3 nitrogen and oxygen atoms in total. The van der Waals surface area contributed by atoms with Crippen molar-refractivity contribution in [3.8, 4) is 0 Å². The van der Waals surface area contributed by atoms with Crippen molar-refractivity contribution in [1.29, 1.82) is 0 Å². The van der Waals surface area contributed by atoms with Crippen molar-refractivity contribution in [2.45, 2.75) is 43.4 Å². The summed E-state index contributed by atoms with van der Waals surface area (Å²) in [4.78, 5) is -0.404. The zero-order chi connectivity index (χ0) is 21.0. The molecule has 0 aliphatic carbocycles. The lowest BCUT2D eigenvalue weighted by molar-refractivity contribution is 0.364.